The van der Waals surface area contributed by atoms with Crippen LogP contribution in [0.1, 0.15) is 290 Å². The van der Waals surface area contributed by atoms with Crippen molar-refractivity contribution < 1.29 is 28.6 Å². The highest BCUT2D eigenvalue weighted by Crippen LogP contribution is 2.15. The summed E-state index contributed by atoms with van der Waals surface area (Å²) in [6.07, 6.45) is 81.2. The van der Waals surface area contributed by atoms with Crippen molar-refractivity contribution in [2.45, 2.75) is 297 Å². The van der Waals surface area contributed by atoms with E-state index in [1.807, 2.05) is 0 Å². The van der Waals surface area contributed by atoms with Crippen molar-refractivity contribution in [2.24, 2.45) is 0 Å². The predicted octanol–water partition coefficient (Wildman–Crippen LogP) is 20.9. The number of hydrogen-bond donors (Lipinski definition) is 0. The molecule has 0 aromatic rings. The third-order valence-corrected chi connectivity index (χ3v) is 13.0. The van der Waals surface area contributed by atoms with E-state index in [0.717, 1.165) is 122 Å². The monoisotopic (exact) mass is 1010 g/mol. The van der Waals surface area contributed by atoms with E-state index >= 15 is 0 Å². The van der Waals surface area contributed by atoms with Gasteiger partial charge in [0.1, 0.15) is 13.2 Å². The second-order valence-corrected chi connectivity index (χ2v) is 20.2. The van der Waals surface area contributed by atoms with Crippen LogP contribution in [-0.4, -0.2) is 37.2 Å². The number of hydrogen-bond acceptors (Lipinski definition) is 6. The summed E-state index contributed by atoms with van der Waals surface area (Å²) in [6, 6.07) is 0. The van der Waals surface area contributed by atoms with Crippen molar-refractivity contribution in [2.75, 3.05) is 13.2 Å². The summed E-state index contributed by atoms with van der Waals surface area (Å²) in [5.41, 5.74) is 0. The topological polar surface area (TPSA) is 78.9 Å². The van der Waals surface area contributed by atoms with Crippen LogP contribution in [-0.2, 0) is 28.6 Å². The molecule has 1 unspecified atom stereocenters. The molecule has 418 valence electrons. The van der Waals surface area contributed by atoms with E-state index in [-0.39, 0.29) is 31.1 Å². The van der Waals surface area contributed by atoms with Gasteiger partial charge < -0.3 is 14.2 Å². The van der Waals surface area contributed by atoms with Crippen LogP contribution < -0.4 is 0 Å². The third-order valence-electron chi connectivity index (χ3n) is 13.0. The molecule has 0 heterocycles. The Morgan fingerprint density at radius 3 is 0.849 bits per heavy atom. The van der Waals surface area contributed by atoms with Gasteiger partial charge in [-0.05, 0) is 122 Å². The molecule has 0 fully saturated rings. The van der Waals surface area contributed by atoms with Gasteiger partial charge in [-0.1, -0.05) is 246 Å². The van der Waals surface area contributed by atoms with Crippen molar-refractivity contribution >= 4 is 17.9 Å². The molecular weight excluding hydrogens is 901 g/mol. The first-order chi connectivity index (χ1) is 36.0. The molecule has 0 aliphatic carbocycles. The van der Waals surface area contributed by atoms with Crippen molar-refractivity contribution in [3.05, 3.63) is 97.2 Å². The summed E-state index contributed by atoms with van der Waals surface area (Å²) in [5.74, 6) is -0.906. The molecule has 1 atom stereocenters. The van der Waals surface area contributed by atoms with Gasteiger partial charge in [0.2, 0.25) is 0 Å². The minimum absolute atomic E-state index is 0.0869. The fraction of sp³-hybridized carbons (Fsp3) is 0.716. The van der Waals surface area contributed by atoms with Gasteiger partial charge in [0.15, 0.2) is 6.10 Å². The summed E-state index contributed by atoms with van der Waals surface area (Å²) in [7, 11) is 0. The smallest absolute Gasteiger partial charge is 0.306 e. The van der Waals surface area contributed by atoms with Gasteiger partial charge in [0.05, 0.1) is 0 Å². The number of ether oxygens (including phenoxy) is 3. The van der Waals surface area contributed by atoms with E-state index in [2.05, 4.69) is 118 Å². The number of unbranched alkanes of at least 4 members (excludes halogenated alkanes) is 28. The highest BCUT2D eigenvalue weighted by atomic mass is 16.6. The Hall–Kier alpha value is -3.67. The fourth-order valence-electron chi connectivity index (χ4n) is 8.44. The lowest BCUT2D eigenvalue weighted by Crippen LogP contribution is -2.30. The molecule has 0 aliphatic heterocycles. The Balaban J connectivity index is 4.33. The SMILES string of the molecule is CC/C=C\C/C=C\C/C=C\C/C=C\C/C=C\C/C=C\CCCCCCCCCCC(=O)OCC(COC(=O)CCCCCCC/C=C\CCCCCCC)OC(=O)CCCCCCC/C=C\CCCCCCC. The first-order valence-electron chi connectivity index (χ1n) is 30.7. The molecule has 0 N–H and O–H groups in total. The lowest BCUT2D eigenvalue weighted by atomic mass is 10.1. The van der Waals surface area contributed by atoms with Crippen LogP contribution in [0, 0.1) is 0 Å². The Morgan fingerprint density at radius 1 is 0.288 bits per heavy atom. The van der Waals surface area contributed by atoms with E-state index in [1.54, 1.807) is 0 Å². The number of carbonyl (C=O) groups excluding carboxylic acids is 3. The summed E-state index contributed by atoms with van der Waals surface area (Å²) >= 11 is 0. The van der Waals surface area contributed by atoms with E-state index < -0.39 is 6.10 Å². The Morgan fingerprint density at radius 2 is 0.534 bits per heavy atom. The normalized spacial score (nSPS) is 12.8. The largest absolute Gasteiger partial charge is 0.462 e. The minimum Gasteiger partial charge on any atom is -0.462 e. The van der Waals surface area contributed by atoms with Gasteiger partial charge in [-0.25, -0.2) is 0 Å². The zero-order valence-corrected chi connectivity index (χ0v) is 47.9. The van der Waals surface area contributed by atoms with Crippen molar-refractivity contribution in [1.82, 2.24) is 0 Å². The third kappa shape index (κ3) is 59.1. The van der Waals surface area contributed by atoms with E-state index in [4.69, 9.17) is 14.2 Å². The number of carbonyl (C=O) groups is 3. The van der Waals surface area contributed by atoms with Crippen LogP contribution in [0.15, 0.2) is 97.2 Å². The van der Waals surface area contributed by atoms with Crippen LogP contribution in [0.25, 0.3) is 0 Å². The summed E-state index contributed by atoms with van der Waals surface area (Å²) in [6.45, 7) is 6.50. The lowest BCUT2D eigenvalue weighted by Gasteiger charge is -2.18. The Bertz CT molecular complexity index is 1440. The zero-order valence-electron chi connectivity index (χ0n) is 47.9. The Labute approximate surface area is 451 Å². The second-order valence-electron chi connectivity index (χ2n) is 20.2. The summed E-state index contributed by atoms with van der Waals surface area (Å²) < 4.78 is 16.9. The molecule has 0 aromatic heterocycles. The molecule has 0 bridgehead atoms. The minimum atomic E-state index is -0.789. The standard InChI is InChI=1S/C67H114O6/c1-4-7-10-13-16-19-22-25-28-29-30-31-32-33-34-35-36-37-38-39-40-43-45-48-51-54-57-60-66(69)72-63-64(73-67(70)61-58-55-52-49-46-42-27-24-21-18-15-12-9-6-3)62-71-65(68)59-56-53-50-47-44-41-26-23-20-17-14-11-8-5-2/h7,10,16,19,23-28,30-31,33-34,36-37,64H,4-6,8-9,11-15,17-18,20-22,29,32,35,38-63H2,1-3H3/b10-7-,19-16-,26-23-,27-24-,28-25-,31-30-,34-33-,37-36-. The Kier molecular flexibility index (Phi) is 57.8. The van der Waals surface area contributed by atoms with Gasteiger partial charge in [0.25, 0.3) is 0 Å². The van der Waals surface area contributed by atoms with E-state index in [1.165, 1.54) is 128 Å². The summed E-state index contributed by atoms with van der Waals surface area (Å²) in [4.78, 5) is 38.2. The van der Waals surface area contributed by atoms with Gasteiger partial charge in [-0.2, -0.15) is 0 Å². The average Bonchev–Trinajstić information content (AvgIpc) is 3.39. The molecule has 0 aromatic carbocycles. The maximum atomic E-state index is 12.9. The maximum Gasteiger partial charge on any atom is 0.306 e. The van der Waals surface area contributed by atoms with Crippen LogP contribution in [0.3, 0.4) is 0 Å². The van der Waals surface area contributed by atoms with Crippen molar-refractivity contribution in [3.63, 3.8) is 0 Å². The molecule has 0 aliphatic rings. The number of rotatable bonds is 55. The molecule has 0 radical (unpaired) electrons. The van der Waals surface area contributed by atoms with Gasteiger partial charge in [-0.3, -0.25) is 14.4 Å². The molecule has 0 amide bonds. The first-order valence-corrected chi connectivity index (χ1v) is 30.7. The molecule has 0 saturated carbocycles. The second kappa shape index (κ2) is 60.9. The van der Waals surface area contributed by atoms with E-state index in [0.29, 0.717) is 19.3 Å². The first kappa shape index (κ1) is 69.3. The van der Waals surface area contributed by atoms with Gasteiger partial charge in [0, 0.05) is 19.3 Å². The molecule has 73 heavy (non-hydrogen) atoms. The lowest BCUT2D eigenvalue weighted by molar-refractivity contribution is -0.167. The molecule has 0 saturated heterocycles. The van der Waals surface area contributed by atoms with Gasteiger partial charge >= 0.3 is 17.9 Å². The predicted molar refractivity (Wildman–Crippen MR) is 316 cm³/mol. The number of esters is 3. The maximum absolute atomic E-state index is 12.9. The van der Waals surface area contributed by atoms with Crippen LogP contribution in [0.2, 0.25) is 0 Å². The number of allylic oxidation sites excluding steroid dienone is 16. The highest BCUT2D eigenvalue weighted by Gasteiger charge is 2.19. The fourth-order valence-corrected chi connectivity index (χ4v) is 8.44. The molecule has 0 spiro atoms. The van der Waals surface area contributed by atoms with Gasteiger partial charge in [-0.15, -0.1) is 0 Å². The average molecular weight is 1020 g/mol. The molecular formula is C67H114O6. The highest BCUT2D eigenvalue weighted by molar-refractivity contribution is 5.71. The zero-order chi connectivity index (χ0) is 52.9. The van der Waals surface area contributed by atoms with E-state index in [9.17, 15) is 14.4 Å². The molecule has 6 heteroatoms. The van der Waals surface area contributed by atoms with Crippen LogP contribution in [0.5, 0.6) is 0 Å². The van der Waals surface area contributed by atoms with Crippen LogP contribution in [0.4, 0.5) is 0 Å². The van der Waals surface area contributed by atoms with Crippen LogP contribution >= 0.6 is 0 Å². The van der Waals surface area contributed by atoms with Crippen molar-refractivity contribution in [1.29, 1.82) is 0 Å². The molecule has 6 nitrogen and oxygen atoms in total. The molecule has 0 rings (SSSR count). The quantitative estimate of drug-likeness (QED) is 0.0261. The summed E-state index contributed by atoms with van der Waals surface area (Å²) in [5, 5.41) is 0. The van der Waals surface area contributed by atoms with Crippen molar-refractivity contribution in [3.8, 4) is 0 Å².